The summed E-state index contributed by atoms with van der Waals surface area (Å²) >= 11 is 0. The number of hydrogen-bond acceptors (Lipinski definition) is 5. The van der Waals surface area contributed by atoms with Crippen LogP contribution in [0.5, 0.6) is 11.5 Å². The van der Waals surface area contributed by atoms with Crippen LogP contribution in [0.3, 0.4) is 0 Å². The number of nitrogens with zero attached hydrogens (tertiary/aromatic N) is 1. The smallest absolute Gasteiger partial charge is 0.295 e. The van der Waals surface area contributed by atoms with Gasteiger partial charge < -0.3 is 19.5 Å². The van der Waals surface area contributed by atoms with Gasteiger partial charge in [-0.05, 0) is 60.4 Å². The van der Waals surface area contributed by atoms with Crippen molar-refractivity contribution in [2.24, 2.45) is 0 Å². The molecular weight excluding hydrogens is 466 g/mol. The van der Waals surface area contributed by atoms with Crippen LogP contribution in [-0.2, 0) is 22.6 Å². The summed E-state index contributed by atoms with van der Waals surface area (Å²) in [5.41, 5.74) is 3.16. The molecule has 6 heteroatoms. The second kappa shape index (κ2) is 10.5. The molecule has 6 nitrogen and oxygen atoms in total. The summed E-state index contributed by atoms with van der Waals surface area (Å²) in [6.07, 6.45) is 2.72. The van der Waals surface area contributed by atoms with Gasteiger partial charge in [0.15, 0.2) is 0 Å². The molecule has 1 saturated heterocycles. The van der Waals surface area contributed by atoms with E-state index in [-0.39, 0.29) is 24.0 Å². The zero-order valence-electron chi connectivity index (χ0n) is 21.1. The third kappa shape index (κ3) is 4.96. The highest BCUT2D eigenvalue weighted by Crippen LogP contribution is 2.42. The van der Waals surface area contributed by atoms with Gasteiger partial charge in [-0.2, -0.15) is 0 Å². The second-order valence-corrected chi connectivity index (χ2v) is 9.64. The molecule has 3 aromatic carbocycles. The zero-order chi connectivity index (χ0) is 25.9. The molecule has 0 bridgehead atoms. The Labute approximate surface area is 217 Å². The molecule has 0 radical (unpaired) electrons. The van der Waals surface area contributed by atoms with Crippen LogP contribution in [-0.4, -0.2) is 34.4 Å². The van der Waals surface area contributed by atoms with Crippen molar-refractivity contribution in [3.05, 3.63) is 101 Å². The van der Waals surface area contributed by atoms with Gasteiger partial charge >= 0.3 is 0 Å². The third-order valence-corrected chi connectivity index (χ3v) is 6.85. The number of Topliss-reactive ketones (excluding diaryl/α,β-unsaturated/α-hetero) is 1. The fourth-order valence-corrected chi connectivity index (χ4v) is 5.00. The van der Waals surface area contributed by atoms with Crippen molar-refractivity contribution in [1.29, 1.82) is 0 Å². The normalized spacial score (nSPS) is 20.1. The first-order valence-corrected chi connectivity index (χ1v) is 12.8. The summed E-state index contributed by atoms with van der Waals surface area (Å²) in [5, 5.41) is 11.5. The molecule has 2 heterocycles. The summed E-state index contributed by atoms with van der Waals surface area (Å²) in [5.74, 6) is -0.0628. The van der Waals surface area contributed by atoms with Crippen LogP contribution in [0.4, 0.5) is 0 Å². The average Bonchev–Trinajstić information content (AvgIpc) is 3.40. The molecule has 37 heavy (non-hydrogen) atoms. The predicted molar refractivity (Wildman–Crippen MR) is 141 cm³/mol. The monoisotopic (exact) mass is 497 g/mol. The van der Waals surface area contributed by atoms with Crippen LogP contribution < -0.4 is 9.47 Å². The fraction of sp³-hybridized carbons (Fsp3) is 0.290. The lowest BCUT2D eigenvalue weighted by Crippen LogP contribution is -2.29. The minimum Gasteiger partial charge on any atom is -0.507 e. The number of amides is 1. The number of unbranched alkanes of at least 4 members (excludes halogenated alkanes) is 1. The molecule has 0 saturated carbocycles. The lowest BCUT2D eigenvalue weighted by molar-refractivity contribution is -0.140. The first-order valence-electron chi connectivity index (χ1n) is 12.8. The van der Waals surface area contributed by atoms with Crippen molar-refractivity contribution in [3.8, 4) is 11.5 Å². The lowest BCUT2D eigenvalue weighted by Gasteiger charge is -2.26. The quantitative estimate of drug-likeness (QED) is 0.184. The Kier molecular flexibility index (Phi) is 6.99. The summed E-state index contributed by atoms with van der Waals surface area (Å²) in [4.78, 5) is 28.3. The maximum absolute atomic E-state index is 13.4. The van der Waals surface area contributed by atoms with E-state index >= 15 is 0 Å². The van der Waals surface area contributed by atoms with E-state index in [4.69, 9.17) is 9.47 Å². The van der Waals surface area contributed by atoms with E-state index in [1.165, 1.54) is 4.90 Å². The molecule has 2 aliphatic heterocycles. The molecular formula is C31H31NO5. The van der Waals surface area contributed by atoms with E-state index in [0.717, 1.165) is 36.1 Å². The molecule has 2 unspecified atom stereocenters. The highest BCUT2D eigenvalue weighted by atomic mass is 16.5. The van der Waals surface area contributed by atoms with E-state index in [2.05, 4.69) is 6.92 Å². The Morgan fingerprint density at radius 1 is 1.05 bits per heavy atom. The van der Waals surface area contributed by atoms with Gasteiger partial charge in [-0.25, -0.2) is 0 Å². The molecule has 5 rings (SSSR count). The number of likely N-dealkylation sites (tertiary alicyclic amines) is 1. The van der Waals surface area contributed by atoms with Gasteiger partial charge in [0.05, 0.1) is 18.2 Å². The van der Waals surface area contributed by atoms with Crippen LogP contribution in [0.1, 0.15) is 55.0 Å². The first kappa shape index (κ1) is 24.6. The van der Waals surface area contributed by atoms with Crippen molar-refractivity contribution in [1.82, 2.24) is 4.90 Å². The Hall–Kier alpha value is -4.06. The van der Waals surface area contributed by atoms with Gasteiger partial charge in [0.1, 0.15) is 23.4 Å². The molecule has 3 aromatic rings. The van der Waals surface area contributed by atoms with Crippen LogP contribution in [0, 0.1) is 0 Å². The molecule has 0 aliphatic carbocycles. The molecule has 2 aliphatic rings. The Morgan fingerprint density at radius 2 is 1.86 bits per heavy atom. The van der Waals surface area contributed by atoms with Crippen molar-refractivity contribution in [3.63, 3.8) is 0 Å². The number of carbonyl (C=O) groups is 2. The third-order valence-electron chi connectivity index (χ3n) is 6.85. The van der Waals surface area contributed by atoms with Gasteiger partial charge in [0.25, 0.3) is 11.7 Å². The summed E-state index contributed by atoms with van der Waals surface area (Å²) in [6.45, 7) is 4.91. The van der Waals surface area contributed by atoms with E-state index in [0.29, 0.717) is 23.5 Å². The van der Waals surface area contributed by atoms with Gasteiger partial charge in [-0.15, -0.1) is 0 Å². The lowest BCUT2D eigenvalue weighted by atomic mass is 9.94. The van der Waals surface area contributed by atoms with E-state index in [9.17, 15) is 14.7 Å². The number of fused-ring (bicyclic) bond motifs is 1. The van der Waals surface area contributed by atoms with E-state index in [1.807, 2.05) is 73.7 Å². The molecule has 1 N–H and O–H groups in total. The zero-order valence-corrected chi connectivity index (χ0v) is 21.1. The van der Waals surface area contributed by atoms with Crippen molar-refractivity contribution in [2.45, 2.75) is 51.8 Å². The van der Waals surface area contributed by atoms with Crippen LogP contribution in [0.25, 0.3) is 5.76 Å². The van der Waals surface area contributed by atoms with Gasteiger partial charge in [0.2, 0.25) is 0 Å². The van der Waals surface area contributed by atoms with Gasteiger partial charge in [-0.3, -0.25) is 9.59 Å². The van der Waals surface area contributed by atoms with Crippen molar-refractivity contribution < 1.29 is 24.2 Å². The number of benzene rings is 3. The van der Waals surface area contributed by atoms with Crippen LogP contribution >= 0.6 is 0 Å². The maximum atomic E-state index is 13.4. The maximum Gasteiger partial charge on any atom is 0.295 e. The average molecular weight is 498 g/mol. The highest BCUT2D eigenvalue weighted by Gasteiger charge is 2.46. The van der Waals surface area contributed by atoms with Crippen molar-refractivity contribution in [2.75, 3.05) is 6.61 Å². The highest BCUT2D eigenvalue weighted by molar-refractivity contribution is 6.46. The summed E-state index contributed by atoms with van der Waals surface area (Å²) in [6, 6.07) is 21.6. The number of hydrogen-bond donors (Lipinski definition) is 1. The first-order chi connectivity index (χ1) is 18.0. The number of aliphatic hydroxyl groups is 1. The van der Waals surface area contributed by atoms with Gasteiger partial charge in [-0.1, -0.05) is 55.8 Å². The number of ether oxygens (including phenoxy) is 2. The van der Waals surface area contributed by atoms with Crippen molar-refractivity contribution >= 4 is 17.4 Å². The second-order valence-electron chi connectivity index (χ2n) is 9.64. The van der Waals surface area contributed by atoms with E-state index < -0.39 is 17.7 Å². The predicted octanol–water partition coefficient (Wildman–Crippen LogP) is 5.81. The van der Waals surface area contributed by atoms with E-state index in [1.54, 1.807) is 6.07 Å². The summed E-state index contributed by atoms with van der Waals surface area (Å²) < 4.78 is 11.7. The molecule has 1 fully saturated rings. The minimum atomic E-state index is -0.752. The molecule has 2 atom stereocenters. The summed E-state index contributed by atoms with van der Waals surface area (Å²) in [7, 11) is 0. The largest absolute Gasteiger partial charge is 0.507 e. The SMILES string of the molecule is CCCCOc1cccc(C2/C(=C(/O)c3ccc4c(c3)CC(C)O4)C(=O)C(=O)N2Cc2ccccc2)c1. The molecule has 1 amide bonds. The topological polar surface area (TPSA) is 76.1 Å². The Bertz CT molecular complexity index is 1350. The molecule has 190 valence electrons. The van der Waals surface area contributed by atoms with Gasteiger partial charge in [0, 0.05) is 18.5 Å². The number of rotatable bonds is 8. The number of carbonyl (C=O) groups excluding carboxylic acids is 2. The minimum absolute atomic E-state index is 0.0549. The molecule has 0 spiro atoms. The fourth-order valence-electron chi connectivity index (χ4n) is 5.00. The van der Waals surface area contributed by atoms with Crippen LogP contribution in [0.2, 0.25) is 0 Å². The molecule has 0 aromatic heterocycles. The Balaban J connectivity index is 1.59. The standard InChI is InChI=1S/C31H31NO5/c1-3-4-15-36-25-12-8-11-22(18-25)28-27(29(33)23-13-14-26-24(17-23)16-20(2)37-26)30(34)31(35)32(28)19-21-9-6-5-7-10-21/h5-14,17-18,20,28,33H,3-4,15-16,19H2,1-2H3/b29-27-. The number of ketones is 1. The number of aliphatic hydroxyl groups excluding tert-OH is 1. The van der Waals surface area contributed by atoms with Crippen LogP contribution in [0.15, 0.2) is 78.4 Å². The Morgan fingerprint density at radius 3 is 2.65 bits per heavy atom.